The molecule has 3 heterocycles. The Morgan fingerprint density at radius 1 is 1.07 bits per heavy atom. The number of alkyl halides is 6. The van der Waals surface area contributed by atoms with Crippen LogP contribution in [0.3, 0.4) is 0 Å². The molecule has 0 spiro atoms. The second-order valence-electron chi connectivity index (χ2n) is 9.59. The number of carbonyl (C=O) groups is 1. The summed E-state index contributed by atoms with van der Waals surface area (Å²) in [7, 11) is 1.96. The standard InChI is InChI=1S/C26H23F6N5O2S/c1-35-6-7-36(19(13-35)14-38)24-34-23(39)22(40-24)9-15-2-5-21-17(8-15)11-33-37(21)12-16-3-4-18(25(27,28)29)10-20(16)26(30,31)32/h2-5,8-11,19,38H,6-7,12-14H2,1H3/b22-9+/t19-/m1/s1. The number of nitrogens with zero attached hydrogens (tertiary/aromatic N) is 5. The maximum absolute atomic E-state index is 13.6. The Hall–Kier alpha value is -3.36. The van der Waals surface area contributed by atoms with Gasteiger partial charge in [0.15, 0.2) is 5.17 Å². The zero-order chi connectivity index (χ0) is 28.8. The average Bonchev–Trinajstić information content (AvgIpc) is 3.45. The summed E-state index contributed by atoms with van der Waals surface area (Å²) in [6.07, 6.45) is -6.79. The van der Waals surface area contributed by atoms with E-state index in [-0.39, 0.29) is 30.8 Å². The van der Waals surface area contributed by atoms with Crippen LogP contribution in [-0.2, 0) is 23.7 Å². The first-order chi connectivity index (χ1) is 18.8. The Morgan fingerprint density at radius 3 is 2.55 bits per heavy atom. The van der Waals surface area contributed by atoms with Gasteiger partial charge in [0.25, 0.3) is 5.91 Å². The van der Waals surface area contributed by atoms with Crippen LogP contribution in [0.1, 0.15) is 22.3 Å². The molecule has 1 aromatic heterocycles. The third-order valence-corrected chi connectivity index (χ3v) is 7.80. The van der Waals surface area contributed by atoms with E-state index >= 15 is 0 Å². The van der Waals surface area contributed by atoms with Gasteiger partial charge >= 0.3 is 12.4 Å². The minimum atomic E-state index is -4.98. The van der Waals surface area contributed by atoms with E-state index in [0.717, 1.165) is 12.6 Å². The Labute approximate surface area is 228 Å². The number of aliphatic hydroxyl groups is 1. The lowest BCUT2D eigenvalue weighted by Crippen LogP contribution is -2.54. The van der Waals surface area contributed by atoms with Gasteiger partial charge in [-0.15, -0.1) is 0 Å². The molecular weight excluding hydrogens is 560 g/mol. The fraction of sp³-hybridized carbons (Fsp3) is 0.346. The number of fused-ring (bicyclic) bond motifs is 1. The molecule has 40 heavy (non-hydrogen) atoms. The second-order valence-corrected chi connectivity index (χ2v) is 10.6. The second kappa shape index (κ2) is 10.6. The molecule has 0 saturated carbocycles. The lowest BCUT2D eigenvalue weighted by atomic mass is 10.0. The van der Waals surface area contributed by atoms with Crippen LogP contribution in [0.15, 0.2) is 52.5 Å². The summed E-state index contributed by atoms with van der Waals surface area (Å²) in [5.74, 6) is -0.409. The topological polar surface area (TPSA) is 74.0 Å². The summed E-state index contributed by atoms with van der Waals surface area (Å²) < 4.78 is 81.1. The summed E-state index contributed by atoms with van der Waals surface area (Å²) in [5, 5.41) is 15.0. The molecule has 2 aromatic carbocycles. The first kappa shape index (κ1) is 28.2. The third kappa shape index (κ3) is 5.74. The number of hydrogen-bond acceptors (Lipinski definition) is 6. The van der Waals surface area contributed by atoms with E-state index in [1.165, 1.54) is 22.6 Å². The smallest absolute Gasteiger partial charge is 0.394 e. The van der Waals surface area contributed by atoms with Crippen LogP contribution in [0.2, 0.25) is 0 Å². The maximum atomic E-state index is 13.6. The number of aliphatic imine (C=N–C) groups is 1. The van der Waals surface area contributed by atoms with Crippen molar-refractivity contribution in [1.29, 1.82) is 0 Å². The lowest BCUT2D eigenvalue weighted by Gasteiger charge is -2.39. The number of carbonyl (C=O) groups excluding carboxylic acids is 1. The normalized spacial score (nSPS) is 20.1. The van der Waals surface area contributed by atoms with Crippen LogP contribution in [0, 0.1) is 0 Å². The number of hydrogen-bond donors (Lipinski definition) is 1. The Morgan fingerprint density at radius 2 is 1.85 bits per heavy atom. The van der Waals surface area contributed by atoms with Crippen LogP contribution in [-0.4, -0.2) is 75.1 Å². The van der Waals surface area contributed by atoms with E-state index in [1.54, 1.807) is 24.3 Å². The summed E-state index contributed by atoms with van der Waals surface area (Å²) in [5.41, 5.74) is -1.98. The molecule has 1 amide bonds. The van der Waals surface area contributed by atoms with E-state index in [0.29, 0.717) is 45.7 Å². The highest BCUT2D eigenvalue weighted by Gasteiger charge is 2.38. The van der Waals surface area contributed by atoms with Gasteiger partial charge in [-0.25, -0.2) is 0 Å². The molecule has 5 rings (SSSR count). The minimum Gasteiger partial charge on any atom is -0.394 e. The van der Waals surface area contributed by atoms with Crippen LogP contribution >= 0.6 is 11.8 Å². The maximum Gasteiger partial charge on any atom is 0.416 e. The molecule has 1 saturated heterocycles. The highest BCUT2D eigenvalue weighted by molar-refractivity contribution is 8.18. The monoisotopic (exact) mass is 583 g/mol. The van der Waals surface area contributed by atoms with Gasteiger partial charge < -0.3 is 14.9 Å². The van der Waals surface area contributed by atoms with Crippen molar-refractivity contribution in [1.82, 2.24) is 19.6 Å². The van der Waals surface area contributed by atoms with Crippen molar-refractivity contribution in [2.75, 3.05) is 33.3 Å². The van der Waals surface area contributed by atoms with Crippen LogP contribution in [0.25, 0.3) is 17.0 Å². The van der Waals surface area contributed by atoms with Gasteiger partial charge in [0, 0.05) is 25.0 Å². The third-order valence-electron chi connectivity index (χ3n) is 6.78. The minimum absolute atomic E-state index is 0.0747. The number of halogens is 6. The molecule has 2 aliphatic rings. The predicted molar refractivity (Wildman–Crippen MR) is 138 cm³/mol. The molecule has 1 N–H and O–H groups in total. The molecule has 1 atom stereocenters. The highest BCUT2D eigenvalue weighted by Crippen LogP contribution is 2.38. The Bertz CT molecular complexity index is 1510. The van der Waals surface area contributed by atoms with Crippen LogP contribution in [0.4, 0.5) is 26.3 Å². The molecule has 7 nitrogen and oxygen atoms in total. The van der Waals surface area contributed by atoms with Crippen molar-refractivity contribution in [3.63, 3.8) is 0 Å². The molecule has 212 valence electrons. The zero-order valence-corrected chi connectivity index (χ0v) is 21.8. The first-order valence-electron chi connectivity index (χ1n) is 12.1. The molecule has 1 fully saturated rings. The quantitative estimate of drug-likeness (QED) is 0.355. The van der Waals surface area contributed by atoms with E-state index in [4.69, 9.17) is 0 Å². The number of rotatable bonds is 4. The van der Waals surface area contributed by atoms with Gasteiger partial charge in [0.1, 0.15) is 0 Å². The van der Waals surface area contributed by atoms with E-state index < -0.39 is 29.4 Å². The summed E-state index contributed by atoms with van der Waals surface area (Å²) in [6.45, 7) is 1.56. The van der Waals surface area contributed by atoms with Gasteiger partial charge in [-0.1, -0.05) is 12.1 Å². The number of amidine groups is 1. The Kier molecular flexibility index (Phi) is 7.44. The average molecular weight is 584 g/mol. The van der Waals surface area contributed by atoms with Crippen LogP contribution in [0.5, 0.6) is 0 Å². The van der Waals surface area contributed by atoms with Crippen molar-refractivity contribution in [3.05, 3.63) is 69.8 Å². The van der Waals surface area contributed by atoms with Crippen molar-refractivity contribution in [3.8, 4) is 0 Å². The first-order valence-corrected chi connectivity index (χ1v) is 13.0. The van der Waals surface area contributed by atoms with Gasteiger partial charge in [-0.05, 0) is 60.3 Å². The van der Waals surface area contributed by atoms with Crippen molar-refractivity contribution < 1.29 is 36.2 Å². The van der Waals surface area contributed by atoms with E-state index in [2.05, 4.69) is 15.0 Å². The molecule has 0 radical (unpaired) electrons. The molecular formula is C26H23F6N5O2S. The number of piperazine rings is 1. The number of benzene rings is 2. The summed E-state index contributed by atoms with van der Waals surface area (Å²) in [6, 6.07) is 6.38. The molecule has 0 bridgehead atoms. The fourth-order valence-electron chi connectivity index (χ4n) is 4.73. The number of thioether (sulfide) groups is 1. The number of amides is 1. The van der Waals surface area contributed by atoms with Gasteiger partial charge in [0.2, 0.25) is 0 Å². The lowest BCUT2D eigenvalue weighted by molar-refractivity contribution is -0.143. The number of likely N-dealkylation sites (N-methyl/N-ethyl adjacent to an activating group) is 1. The summed E-state index contributed by atoms with van der Waals surface area (Å²) >= 11 is 1.21. The molecule has 3 aromatic rings. The van der Waals surface area contributed by atoms with Crippen LogP contribution < -0.4 is 0 Å². The van der Waals surface area contributed by atoms with Crippen molar-refractivity contribution in [2.45, 2.75) is 24.9 Å². The number of aliphatic hydroxyl groups excluding tert-OH is 1. The summed E-state index contributed by atoms with van der Waals surface area (Å²) in [4.78, 5) is 21.2. The SMILES string of the molecule is CN1CCN(C2=NC(=O)/C(=C\c3ccc4c(cnn4Cc4ccc(C(F)(F)F)cc4C(F)(F)F)c3)S2)[C@@H](CO)C1. The van der Waals surface area contributed by atoms with E-state index in [9.17, 15) is 36.2 Å². The molecule has 0 aliphatic carbocycles. The number of aromatic nitrogens is 2. The van der Waals surface area contributed by atoms with E-state index in [1.807, 2.05) is 11.9 Å². The van der Waals surface area contributed by atoms with Crippen molar-refractivity contribution >= 4 is 39.8 Å². The molecule has 14 heteroatoms. The fourth-order valence-corrected chi connectivity index (χ4v) is 5.74. The Balaban J connectivity index is 1.37. The van der Waals surface area contributed by atoms with Gasteiger partial charge in [-0.2, -0.15) is 36.4 Å². The van der Waals surface area contributed by atoms with Gasteiger partial charge in [-0.3, -0.25) is 9.48 Å². The van der Waals surface area contributed by atoms with Gasteiger partial charge in [0.05, 0.1) is 46.9 Å². The van der Waals surface area contributed by atoms with Crippen molar-refractivity contribution in [2.24, 2.45) is 4.99 Å². The highest BCUT2D eigenvalue weighted by atomic mass is 32.2. The molecule has 2 aliphatic heterocycles. The molecule has 0 unspecified atom stereocenters. The largest absolute Gasteiger partial charge is 0.416 e. The zero-order valence-electron chi connectivity index (χ0n) is 21.0. The predicted octanol–water partition coefficient (Wildman–Crippen LogP) is 4.70.